The average Bonchev–Trinajstić information content (AvgIpc) is 3.07. The van der Waals surface area contributed by atoms with Gasteiger partial charge in [0.15, 0.2) is 10.8 Å². The first kappa shape index (κ1) is 16.2. The summed E-state index contributed by atoms with van der Waals surface area (Å²) in [5, 5.41) is 10.4. The Hall–Kier alpha value is -3.32. The van der Waals surface area contributed by atoms with Crippen LogP contribution in [0.4, 0.5) is 5.13 Å². The highest BCUT2D eigenvalue weighted by Crippen LogP contribution is 2.19. The van der Waals surface area contributed by atoms with Gasteiger partial charge in [-0.3, -0.25) is 14.9 Å². The molecule has 1 amide bonds. The topological polar surface area (TPSA) is 76.9 Å². The van der Waals surface area contributed by atoms with Crippen LogP contribution in [-0.2, 0) is 0 Å². The van der Waals surface area contributed by atoms with Crippen LogP contribution in [0.2, 0.25) is 0 Å². The number of aromatic nitrogens is 3. The molecule has 0 bridgehead atoms. The Kier molecular flexibility index (Phi) is 4.06. The lowest BCUT2D eigenvalue weighted by atomic mass is 10.1. The second-order valence-corrected chi connectivity index (χ2v) is 6.55. The van der Waals surface area contributed by atoms with Crippen molar-refractivity contribution < 1.29 is 4.79 Å². The SMILES string of the molecule is Cc1csc(NC(=O)c2nn(-c3ccccc3)c(=O)c3ccccc23)n1. The lowest BCUT2D eigenvalue weighted by Gasteiger charge is -2.10. The molecule has 0 spiro atoms. The third-order valence-corrected chi connectivity index (χ3v) is 4.74. The molecule has 0 atom stereocenters. The second-order valence-electron chi connectivity index (χ2n) is 5.69. The van der Waals surface area contributed by atoms with Crippen LogP contribution in [0, 0.1) is 6.92 Å². The van der Waals surface area contributed by atoms with Crippen LogP contribution < -0.4 is 10.9 Å². The molecule has 0 fully saturated rings. The largest absolute Gasteiger partial charge is 0.296 e. The summed E-state index contributed by atoms with van der Waals surface area (Å²) in [6.45, 7) is 1.86. The Morgan fingerprint density at radius 1 is 1.04 bits per heavy atom. The van der Waals surface area contributed by atoms with E-state index in [9.17, 15) is 9.59 Å². The second kappa shape index (κ2) is 6.53. The van der Waals surface area contributed by atoms with Gasteiger partial charge in [0, 0.05) is 10.8 Å². The fourth-order valence-electron chi connectivity index (χ4n) is 2.67. The summed E-state index contributed by atoms with van der Waals surface area (Å²) in [6.07, 6.45) is 0. The molecule has 7 heteroatoms. The number of nitrogens with one attached hydrogen (secondary N) is 1. The number of fused-ring (bicyclic) bond motifs is 1. The number of amides is 1. The van der Waals surface area contributed by atoms with E-state index in [-0.39, 0.29) is 11.3 Å². The summed E-state index contributed by atoms with van der Waals surface area (Å²) in [5.74, 6) is -0.403. The fourth-order valence-corrected chi connectivity index (χ4v) is 3.35. The third kappa shape index (κ3) is 2.89. The van der Waals surface area contributed by atoms with Gasteiger partial charge in [-0.15, -0.1) is 11.3 Å². The number of thiazole rings is 1. The molecule has 2 aromatic heterocycles. The maximum atomic E-state index is 12.8. The van der Waals surface area contributed by atoms with E-state index in [2.05, 4.69) is 15.4 Å². The zero-order valence-corrected chi connectivity index (χ0v) is 14.7. The summed E-state index contributed by atoms with van der Waals surface area (Å²) in [4.78, 5) is 29.9. The summed E-state index contributed by atoms with van der Waals surface area (Å²) < 4.78 is 1.25. The number of rotatable bonds is 3. The van der Waals surface area contributed by atoms with E-state index in [4.69, 9.17) is 0 Å². The Bertz CT molecular complexity index is 1170. The number of carbonyl (C=O) groups excluding carboxylic acids is 1. The molecule has 4 aromatic rings. The predicted molar refractivity (Wildman–Crippen MR) is 102 cm³/mol. The molecule has 0 saturated heterocycles. The van der Waals surface area contributed by atoms with E-state index in [1.807, 2.05) is 30.5 Å². The smallest absolute Gasteiger partial charge is 0.279 e. The molecule has 0 aliphatic carbocycles. The van der Waals surface area contributed by atoms with Gasteiger partial charge in [-0.05, 0) is 25.1 Å². The number of hydrogen-bond donors (Lipinski definition) is 1. The van der Waals surface area contributed by atoms with Crippen LogP contribution in [0.15, 0.2) is 64.8 Å². The maximum Gasteiger partial charge on any atom is 0.279 e. The molecule has 4 rings (SSSR count). The molecular formula is C19H14N4O2S. The minimum atomic E-state index is -0.403. The Balaban J connectivity index is 1.89. The number of carbonyl (C=O) groups is 1. The molecule has 0 radical (unpaired) electrons. The van der Waals surface area contributed by atoms with Crippen LogP contribution >= 0.6 is 11.3 Å². The number of para-hydroxylation sites is 1. The van der Waals surface area contributed by atoms with Crippen LogP contribution in [0.25, 0.3) is 16.5 Å². The Morgan fingerprint density at radius 3 is 2.42 bits per heavy atom. The molecule has 2 heterocycles. The van der Waals surface area contributed by atoms with Crippen LogP contribution in [0.1, 0.15) is 16.2 Å². The van der Waals surface area contributed by atoms with E-state index < -0.39 is 5.91 Å². The van der Waals surface area contributed by atoms with Crippen molar-refractivity contribution in [2.45, 2.75) is 6.92 Å². The first-order valence-electron chi connectivity index (χ1n) is 7.94. The number of anilines is 1. The summed E-state index contributed by atoms with van der Waals surface area (Å²) in [5.41, 5.74) is 1.34. The highest BCUT2D eigenvalue weighted by atomic mass is 32.1. The van der Waals surface area contributed by atoms with Crippen LogP contribution in [-0.4, -0.2) is 20.7 Å². The lowest BCUT2D eigenvalue weighted by molar-refractivity contribution is 0.102. The molecule has 0 aliphatic rings. The van der Waals surface area contributed by atoms with Gasteiger partial charge >= 0.3 is 0 Å². The van der Waals surface area contributed by atoms with Gasteiger partial charge < -0.3 is 0 Å². The van der Waals surface area contributed by atoms with Crippen molar-refractivity contribution in [1.82, 2.24) is 14.8 Å². The highest BCUT2D eigenvalue weighted by molar-refractivity contribution is 7.13. The molecule has 26 heavy (non-hydrogen) atoms. The first-order valence-corrected chi connectivity index (χ1v) is 8.82. The van der Waals surface area contributed by atoms with Crippen molar-refractivity contribution in [2.24, 2.45) is 0 Å². The standard InChI is InChI=1S/C19H14N4O2S/c1-12-11-26-19(20-12)21-17(24)16-14-9-5-6-10-15(14)18(25)23(22-16)13-7-3-2-4-8-13/h2-11H,1H3,(H,20,21,24). The van der Waals surface area contributed by atoms with Gasteiger partial charge in [-0.25, -0.2) is 4.98 Å². The normalized spacial score (nSPS) is 10.8. The van der Waals surface area contributed by atoms with E-state index in [1.54, 1.807) is 36.4 Å². The van der Waals surface area contributed by atoms with Crippen LogP contribution in [0.5, 0.6) is 0 Å². The predicted octanol–water partition coefficient (Wildman–Crippen LogP) is 3.40. The molecule has 0 unspecified atom stereocenters. The van der Waals surface area contributed by atoms with Gasteiger partial charge in [-0.1, -0.05) is 36.4 Å². The van der Waals surface area contributed by atoms with Gasteiger partial charge in [-0.2, -0.15) is 9.78 Å². The number of hydrogen-bond acceptors (Lipinski definition) is 5. The van der Waals surface area contributed by atoms with E-state index in [1.165, 1.54) is 16.0 Å². The third-order valence-electron chi connectivity index (χ3n) is 3.86. The van der Waals surface area contributed by atoms with E-state index >= 15 is 0 Å². The van der Waals surface area contributed by atoms with Crippen molar-refractivity contribution in [3.05, 3.63) is 81.7 Å². The zero-order chi connectivity index (χ0) is 18.1. The Morgan fingerprint density at radius 2 is 1.73 bits per heavy atom. The average molecular weight is 362 g/mol. The molecule has 0 aliphatic heterocycles. The maximum absolute atomic E-state index is 12.8. The highest BCUT2D eigenvalue weighted by Gasteiger charge is 2.18. The number of aryl methyl sites for hydroxylation is 1. The van der Waals surface area contributed by atoms with Crippen molar-refractivity contribution in [2.75, 3.05) is 5.32 Å². The number of benzene rings is 2. The van der Waals surface area contributed by atoms with E-state index in [0.29, 0.717) is 21.6 Å². The lowest BCUT2D eigenvalue weighted by Crippen LogP contribution is -2.26. The summed E-state index contributed by atoms with van der Waals surface area (Å²) in [7, 11) is 0. The summed E-state index contributed by atoms with van der Waals surface area (Å²) >= 11 is 1.34. The number of nitrogens with zero attached hydrogens (tertiary/aromatic N) is 3. The zero-order valence-electron chi connectivity index (χ0n) is 13.8. The van der Waals surface area contributed by atoms with Gasteiger partial charge in [0.25, 0.3) is 11.5 Å². The molecular weight excluding hydrogens is 348 g/mol. The van der Waals surface area contributed by atoms with Gasteiger partial charge in [0.2, 0.25) is 0 Å². The summed E-state index contributed by atoms with van der Waals surface area (Å²) in [6, 6.07) is 16.0. The molecule has 0 saturated carbocycles. The monoisotopic (exact) mass is 362 g/mol. The molecule has 128 valence electrons. The van der Waals surface area contributed by atoms with Crippen molar-refractivity contribution in [1.29, 1.82) is 0 Å². The van der Waals surface area contributed by atoms with E-state index in [0.717, 1.165) is 5.69 Å². The fraction of sp³-hybridized carbons (Fsp3) is 0.0526. The molecule has 2 aromatic carbocycles. The first-order chi connectivity index (χ1) is 12.6. The van der Waals surface area contributed by atoms with Crippen molar-refractivity contribution >= 4 is 33.1 Å². The van der Waals surface area contributed by atoms with Crippen molar-refractivity contribution in [3.63, 3.8) is 0 Å². The van der Waals surface area contributed by atoms with Gasteiger partial charge in [0.05, 0.1) is 16.8 Å². The quantitative estimate of drug-likeness (QED) is 0.606. The minimum Gasteiger partial charge on any atom is -0.296 e. The molecule has 6 nitrogen and oxygen atoms in total. The minimum absolute atomic E-state index is 0.178. The van der Waals surface area contributed by atoms with Crippen LogP contribution in [0.3, 0.4) is 0 Å². The molecule has 1 N–H and O–H groups in total. The van der Waals surface area contributed by atoms with Gasteiger partial charge in [0.1, 0.15) is 0 Å². The Labute approximate surface area is 152 Å². The van der Waals surface area contributed by atoms with Crippen molar-refractivity contribution in [3.8, 4) is 5.69 Å².